The molecule has 0 radical (unpaired) electrons. The number of aromatic nitrogens is 1. The van der Waals surface area contributed by atoms with Gasteiger partial charge in [-0.1, -0.05) is 45.7 Å². The van der Waals surface area contributed by atoms with Gasteiger partial charge in [0.15, 0.2) is 6.04 Å². The number of anilines is 1. The van der Waals surface area contributed by atoms with Crippen molar-refractivity contribution < 1.29 is 4.79 Å². The van der Waals surface area contributed by atoms with Crippen molar-refractivity contribution >= 4 is 61.3 Å². The largest absolute Gasteiger partial charge is 0.282 e. The van der Waals surface area contributed by atoms with Crippen molar-refractivity contribution in [3.05, 3.63) is 62.9 Å². The van der Waals surface area contributed by atoms with E-state index in [1.54, 1.807) is 25.1 Å². The summed E-state index contributed by atoms with van der Waals surface area (Å²) in [5.41, 5.74) is 3.77. The third-order valence-electron chi connectivity index (χ3n) is 4.43. The van der Waals surface area contributed by atoms with Crippen molar-refractivity contribution in [1.29, 1.82) is 0 Å². The zero-order valence-electron chi connectivity index (χ0n) is 15.5. The first-order valence-electron chi connectivity index (χ1n) is 8.70. The Labute approximate surface area is 185 Å². The maximum Gasteiger partial charge on any atom is 0.282 e. The zero-order valence-corrected chi connectivity index (χ0v) is 18.7. The normalized spacial score (nSPS) is 16.7. The van der Waals surface area contributed by atoms with E-state index in [1.165, 1.54) is 16.3 Å². The lowest BCUT2D eigenvalue weighted by molar-refractivity contribution is -0.117. The third-order valence-corrected chi connectivity index (χ3v) is 6.18. The Balaban J connectivity index is 1.56. The molecule has 146 valence electrons. The van der Waals surface area contributed by atoms with Crippen molar-refractivity contribution in [2.24, 2.45) is 15.3 Å². The first kappa shape index (κ1) is 19.9. The molecule has 1 aliphatic rings. The summed E-state index contributed by atoms with van der Waals surface area (Å²) in [6, 6.07) is 12.5. The number of amides is 1. The van der Waals surface area contributed by atoms with E-state index < -0.39 is 6.04 Å². The molecule has 2 heterocycles. The number of carbonyl (C=O) groups excluding carboxylic acids is 1. The van der Waals surface area contributed by atoms with Gasteiger partial charge in [0.05, 0.1) is 17.1 Å². The number of halogens is 2. The highest BCUT2D eigenvalue weighted by Crippen LogP contribution is 2.32. The smallest absolute Gasteiger partial charge is 0.269 e. The molecule has 6 nitrogen and oxygen atoms in total. The van der Waals surface area contributed by atoms with E-state index in [0.29, 0.717) is 21.6 Å². The van der Waals surface area contributed by atoms with Gasteiger partial charge in [0.2, 0.25) is 5.13 Å². The van der Waals surface area contributed by atoms with Gasteiger partial charge in [0.25, 0.3) is 5.91 Å². The molecule has 0 bridgehead atoms. The maximum atomic E-state index is 12.9. The molecule has 1 aliphatic heterocycles. The number of hydrogen-bond acceptors (Lipinski definition) is 6. The third kappa shape index (κ3) is 4.01. The molecule has 0 unspecified atom stereocenters. The second kappa shape index (κ2) is 8.14. The Bertz CT molecular complexity index is 1140. The molecule has 1 amide bonds. The van der Waals surface area contributed by atoms with E-state index in [-0.39, 0.29) is 5.91 Å². The molecular weight excluding hydrogens is 474 g/mol. The van der Waals surface area contributed by atoms with Crippen LogP contribution in [0.15, 0.2) is 67.6 Å². The van der Waals surface area contributed by atoms with Crippen LogP contribution in [0.1, 0.15) is 12.5 Å². The molecule has 0 spiro atoms. The fourth-order valence-corrected chi connectivity index (χ4v) is 3.99. The van der Waals surface area contributed by atoms with Crippen LogP contribution in [-0.4, -0.2) is 22.6 Å². The first-order valence-corrected chi connectivity index (χ1v) is 10.8. The number of rotatable bonds is 4. The lowest BCUT2D eigenvalue weighted by atomic mass is 10.2. The summed E-state index contributed by atoms with van der Waals surface area (Å²) in [4.78, 5) is 17.4. The molecule has 0 saturated heterocycles. The van der Waals surface area contributed by atoms with Gasteiger partial charge in [0.1, 0.15) is 0 Å². The second-order valence-electron chi connectivity index (χ2n) is 6.42. The van der Waals surface area contributed by atoms with Crippen LogP contribution in [0.2, 0.25) is 5.02 Å². The maximum absolute atomic E-state index is 12.9. The molecule has 29 heavy (non-hydrogen) atoms. The lowest BCUT2D eigenvalue weighted by Gasteiger charge is -2.08. The number of hydrazone groups is 1. The number of thiazole rings is 1. The van der Waals surface area contributed by atoms with E-state index in [4.69, 9.17) is 11.6 Å². The van der Waals surface area contributed by atoms with Crippen molar-refractivity contribution in [2.75, 3.05) is 5.01 Å². The highest BCUT2D eigenvalue weighted by molar-refractivity contribution is 9.10. The SMILES string of the molecule is CC1=NN(c2nc(-c3ccc(Br)cc3)cs2)C(=O)[C@H]1N=Nc1cccc(Cl)c1C. The van der Waals surface area contributed by atoms with Crippen molar-refractivity contribution in [2.45, 2.75) is 19.9 Å². The minimum atomic E-state index is -0.770. The average molecular weight is 489 g/mol. The fourth-order valence-electron chi connectivity index (χ4n) is 2.77. The van der Waals surface area contributed by atoms with Crippen molar-refractivity contribution in [3.63, 3.8) is 0 Å². The fraction of sp³-hybridized carbons (Fsp3) is 0.150. The highest BCUT2D eigenvalue weighted by atomic mass is 79.9. The van der Waals surface area contributed by atoms with Gasteiger partial charge in [0, 0.05) is 20.4 Å². The molecule has 1 aromatic heterocycles. The number of benzene rings is 2. The molecule has 1 atom stereocenters. The molecule has 4 rings (SSSR count). The van der Waals surface area contributed by atoms with Crippen LogP contribution < -0.4 is 5.01 Å². The van der Waals surface area contributed by atoms with Crippen LogP contribution in [0.4, 0.5) is 10.8 Å². The van der Waals surface area contributed by atoms with Crippen LogP contribution in [0.5, 0.6) is 0 Å². The monoisotopic (exact) mass is 487 g/mol. The summed E-state index contributed by atoms with van der Waals surface area (Å²) in [7, 11) is 0. The van der Waals surface area contributed by atoms with E-state index >= 15 is 0 Å². The van der Waals surface area contributed by atoms with E-state index in [9.17, 15) is 4.79 Å². The van der Waals surface area contributed by atoms with Crippen LogP contribution in [-0.2, 0) is 4.79 Å². The van der Waals surface area contributed by atoms with Crippen LogP contribution in [0.25, 0.3) is 11.3 Å². The van der Waals surface area contributed by atoms with Crippen molar-refractivity contribution in [1.82, 2.24) is 4.98 Å². The summed E-state index contributed by atoms with van der Waals surface area (Å²) in [5, 5.41) is 17.1. The van der Waals surface area contributed by atoms with Crippen LogP contribution in [0, 0.1) is 6.92 Å². The van der Waals surface area contributed by atoms with E-state index in [1.807, 2.05) is 36.6 Å². The summed E-state index contributed by atoms with van der Waals surface area (Å²) in [6.45, 7) is 3.62. The Morgan fingerprint density at radius 3 is 2.69 bits per heavy atom. The van der Waals surface area contributed by atoms with Gasteiger partial charge < -0.3 is 0 Å². The number of azo groups is 1. The molecule has 3 aromatic rings. The van der Waals surface area contributed by atoms with Crippen molar-refractivity contribution in [3.8, 4) is 11.3 Å². The predicted molar refractivity (Wildman–Crippen MR) is 120 cm³/mol. The predicted octanol–water partition coefficient (Wildman–Crippen LogP) is 6.41. The summed E-state index contributed by atoms with van der Waals surface area (Å²) < 4.78 is 0.995. The number of carbonyl (C=O) groups is 1. The van der Waals surface area contributed by atoms with Gasteiger partial charge in [-0.15, -0.1) is 11.3 Å². The molecular formula is C20H15BrClN5OS. The molecule has 0 fully saturated rings. The molecule has 9 heteroatoms. The van der Waals surface area contributed by atoms with Gasteiger partial charge >= 0.3 is 0 Å². The Hall–Kier alpha value is -2.42. The topological polar surface area (TPSA) is 70.3 Å². The average Bonchev–Trinajstić information content (AvgIpc) is 3.29. The second-order valence-corrected chi connectivity index (χ2v) is 8.58. The van der Waals surface area contributed by atoms with Gasteiger partial charge in [-0.05, 0) is 43.7 Å². The van der Waals surface area contributed by atoms with E-state index in [2.05, 4.69) is 36.2 Å². The highest BCUT2D eigenvalue weighted by Gasteiger charge is 2.36. The summed E-state index contributed by atoms with van der Waals surface area (Å²) in [5.74, 6) is -0.275. The van der Waals surface area contributed by atoms with Gasteiger partial charge in [-0.25, -0.2) is 4.98 Å². The Morgan fingerprint density at radius 1 is 1.17 bits per heavy atom. The molecule has 0 N–H and O–H groups in total. The number of hydrogen-bond donors (Lipinski definition) is 0. The van der Waals surface area contributed by atoms with E-state index in [0.717, 1.165) is 21.3 Å². The standard InChI is InChI=1S/C20H15BrClN5OS/c1-11-15(22)4-3-5-16(11)24-25-18-12(2)26-27(19(18)28)20-23-17(10-29-20)13-6-8-14(21)9-7-13/h3-10,18H,1-2H3/t18-/m0/s1. The van der Waals surface area contributed by atoms with Gasteiger partial charge in [-0.2, -0.15) is 20.3 Å². The summed E-state index contributed by atoms with van der Waals surface area (Å²) >= 11 is 10.9. The Morgan fingerprint density at radius 2 is 1.93 bits per heavy atom. The summed E-state index contributed by atoms with van der Waals surface area (Å²) in [6.07, 6.45) is 0. The van der Waals surface area contributed by atoms with Gasteiger partial charge in [-0.3, -0.25) is 4.79 Å². The molecule has 2 aromatic carbocycles. The zero-order chi connectivity index (χ0) is 20.5. The molecule has 0 saturated carbocycles. The minimum absolute atomic E-state index is 0.275. The Kier molecular flexibility index (Phi) is 5.58. The quantitative estimate of drug-likeness (QED) is 0.398. The van der Waals surface area contributed by atoms with Crippen LogP contribution >= 0.6 is 38.9 Å². The molecule has 0 aliphatic carbocycles. The lowest BCUT2D eigenvalue weighted by Crippen LogP contribution is -2.29. The first-order chi connectivity index (χ1) is 13.9. The number of nitrogens with zero attached hydrogens (tertiary/aromatic N) is 5. The minimum Gasteiger partial charge on any atom is -0.269 e. The van der Waals surface area contributed by atoms with Crippen LogP contribution in [0.3, 0.4) is 0 Å².